The number of nitrogens with zero attached hydrogens (tertiary/aromatic N) is 4. The van der Waals surface area contributed by atoms with Gasteiger partial charge in [0.25, 0.3) is 0 Å². The van der Waals surface area contributed by atoms with E-state index in [0.29, 0.717) is 11.7 Å². The third-order valence-electron chi connectivity index (χ3n) is 3.43. The van der Waals surface area contributed by atoms with Crippen LogP contribution in [0.2, 0.25) is 0 Å². The molecule has 0 aliphatic carbocycles. The lowest BCUT2D eigenvalue weighted by molar-refractivity contribution is 0.252. The van der Waals surface area contributed by atoms with Crippen molar-refractivity contribution in [3.63, 3.8) is 0 Å². The molecule has 0 aromatic carbocycles. The molecule has 2 heterocycles. The topological polar surface area (TPSA) is 52.5 Å². The molecule has 1 N–H and O–H groups in total. The molecule has 2 rings (SSSR count). The molecular formula is C12H20N4O. The van der Waals surface area contributed by atoms with E-state index in [0.717, 1.165) is 31.7 Å². The first-order valence-electron chi connectivity index (χ1n) is 6.04. The van der Waals surface area contributed by atoms with Gasteiger partial charge in [-0.15, -0.1) is 0 Å². The van der Waals surface area contributed by atoms with Gasteiger partial charge in [-0.3, -0.25) is 4.98 Å². The smallest absolute Gasteiger partial charge is 0.147 e. The normalized spacial score (nSPS) is 18.3. The van der Waals surface area contributed by atoms with Gasteiger partial charge in [-0.25, -0.2) is 4.98 Å². The van der Waals surface area contributed by atoms with Gasteiger partial charge in [0.15, 0.2) is 0 Å². The highest BCUT2D eigenvalue weighted by molar-refractivity contribution is 5.36. The summed E-state index contributed by atoms with van der Waals surface area (Å²) >= 11 is 0. The summed E-state index contributed by atoms with van der Waals surface area (Å²) < 4.78 is 0. The van der Waals surface area contributed by atoms with Gasteiger partial charge in [-0.1, -0.05) is 0 Å². The molecule has 0 spiro atoms. The van der Waals surface area contributed by atoms with Crippen molar-refractivity contribution in [3.8, 4) is 0 Å². The van der Waals surface area contributed by atoms with Crippen LogP contribution in [0.4, 0.5) is 5.82 Å². The summed E-state index contributed by atoms with van der Waals surface area (Å²) in [5, 5.41) is 9.06. The number of aliphatic hydroxyl groups excluding tert-OH is 1. The summed E-state index contributed by atoms with van der Waals surface area (Å²) in [5.41, 5.74) is 0.627. The van der Waals surface area contributed by atoms with Crippen LogP contribution in [0, 0.1) is 0 Å². The minimum Gasteiger partial charge on any atom is -0.390 e. The molecule has 0 atom stereocenters. The predicted molar refractivity (Wildman–Crippen MR) is 66.9 cm³/mol. The molecule has 1 fully saturated rings. The van der Waals surface area contributed by atoms with E-state index in [4.69, 9.17) is 5.11 Å². The number of aliphatic hydroxyl groups is 1. The van der Waals surface area contributed by atoms with Crippen LogP contribution in [0.5, 0.6) is 0 Å². The van der Waals surface area contributed by atoms with Crippen molar-refractivity contribution < 1.29 is 5.11 Å². The molecule has 1 aromatic heterocycles. The van der Waals surface area contributed by atoms with Crippen molar-refractivity contribution in [3.05, 3.63) is 18.1 Å². The summed E-state index contributed by atoms with van der Waals surface area (Å²) in [6.07, 6.45) is 5.67. The summed E-state index contributed by atoms with van der Waals surface area (Å²) in [7, 11) is 4.21. The van der Waals surface area contributed by atoms with Crippen LogP contribution in [0.15, 0.2) is 12.4 Å². The van der Waals surface area contributed by atoms with Gasteiger partial charge >= 0.3 is 0 Å². The van der Waals surface area contributed by atoms with E-state index in [9.17, 15) is 0 Å². The lowest BCUT2D eigenvalue weighted by Crippen LogP contribution is -2.42. The number of hydrogen-bond acceptors (Lipinski definition) is 5. The monoisotopic (exact) mass is 236 g/mol. The van der Waals surface area contributed by atoms with E-state index in [1.54, 1.807) is 12.4 Å². The summed E-state index contributed by atoms with van der Waals surface area (Å²) in [5.74, 6) is 0.853. The Kier molecular flexibility index (Phi) is 3.91. The summed E-state index contributed by atoms with van der Waals surface area (Å²) in [6, 6.07) is 0.523. The van der Waals surface area contributed by atoms with Crippen LogP contribution >= 0.6 is 0 Å². The largest absolute Gasteiger partial charge is 0.390 e. The van der Waals surface area contributed by atoms with Crippen molar-refractivity contribution in [1.29, 1.82) is 0 Å². The fraction of sp³-hybridized carbons (Fsp3) is 0.667. The summed E-state index contributed by atoms with van der Waals surface area (Å²) in [4.78, 5) is 13.0. The van der Waals surface area contributed by atoms with E-state index in [2.05, 4.69) is 33.9 Å². The van der Waals surface area contributed by atoms with Gasteiger partial charge in [-0.05, 0) is 33.0 Å². The first-order valence-corrected chi connectivity index (χ1v) is 6.04. The Hall–Kier alpha value is -1.20. The Balaban J connectivity index is 2.05. The molecule has 94 valence electrons. The van der Waals surface area contributed by atoms with Gasteiger partial charge in [0.05, 0.1) is 24.7 Å². The molecule has 5 heteroatoms. The number of hydrogen-bond donors (Lipinski definition) is 1. The first kappa shape index (κ1) is 12.3. The number of rotatable bonds is 3. The highest BCUT2D eigenvalue weighted by atomic mass is 16.3. The van der Waals surface area contributed by atoms with Gasteiger partial charge in [-0.2, -0.15) is 0 Å². The Morgan fingerprint density at radius 3 is 2.76 bits per heavy atom. The van der Waals surface area contributed by atoms with Crippen molar-refractivity contribution in [2.75, 3.05) is 32.1 Å². The van der Waals surface area contributed by atoms with Crippen LogP contribution in [-0.4, -0.2) is 53.2 Å². The SMILES string of the molecule is CN1CCC(N(C)c2cncc(CO)n2)CC1. The highest BCUT2D eigenvalue weighted by Gasteiger charge is 2.21. The number of likely N-dealkylation sites (tertiary alicyclic amines) is 1. The second kappa shape index (κ2) is 5.42. The molecule has 0 bridgehead atoms. The molecule has 0 saturated carbocycles. The van der Waals surface area contributed by atoms with Crippen molar-refractivity contribution in [2.24, 2.45) is 0 Å². The molecule has 0 unspecified atom stereocenters. The van der Waals surface area contributed by atoms with Gasteiger partial charge in [0.2, 0.25) is 0 Å². The standard InChI is InChI=1S/C12H20N4O/c1-15-5-3-11(4-6-15)16(2)12-8-13-7-10(9-17)14-12/h7-8,11,17H,3-6,9H2,1-2H3. The van der Waals surface area contributed by atoms with Gasteiger partial charge in [0, 0.05) is 13.1 Å². The van der Waals surface area contributed by atoms with Gasteiger partial charge < -0.3 is 14.9 Å². The summed E-state index contributed by atoms with van der Waals surface area (Å²) in [6.45, 7) is 2.20. The Bertz CT molecular complexity index is 363. The average molecular weight is 236 g/mol. The average Bonchev–Trinajstić information content (AvgIpc) is 2.39. The Morgan fingerprint density at radius 2 is 2.12 bits per heavy atom. The Morgan fingerprint density at radius 1 is 1.41 bits per heavy atom. The lowest BCUT2D eigenvalue weighted by Gasteiger charge is -2.35. The molecule has 5 nitrogen and oxygen atoms in total. The van der Waals surface area contributed by atoms with E-state index in [-0.39, 0.29) is 6.61 Å². The zero-order valence-corrected chi connectivity index (χ0v) is 10.5. The van der Waals surface area contributed by atoms with Crippen LogP contribution in [0.3, 0.4) is 0 Å². The Labute approximate surface area is 102 Å². The van der Waals surface area contributed by atoms with Crippen molar-refractivity contribution in [2.45, 2.75) is 25.5 Å². The van der Waals surface area contributed by atoms with Crippen molar-refractivity contribution >= 4 is 5.82 Å². The third kappa shape index (κ3) is 2.92. The lowest BCUT2D eigenvalue weighted by atomic mass is 10.0. The van der Waals surface area contributed by atoms with Crippen LogP contribution in [-0.2, 0) is 6.61 Å². The van der Waals surface area contributed by atoms with Crippen LogP contribution in [0.1, 0.15) is 18.5 Å². The maximum atomic E-state index is 9.06. The zero-order chi connectivity index (χ0) is 12.3. The minimum absolute atomic E-state index is 0.0535. The first-order chi connectivity index (χ1) is 8.20. The second-order valence-corrected chi connectivity index (χ2v) is 4.67. The minimum atomic E-state index is -0.0535. The molecule has 17 heavy (non-hydrogen) atoms. The van der Waals surface area contributed by atoms with E-state index >= 15 is 0 Å². The predicted octanol–water partition coefficient (Wildman–Crippen LogP) is 0.499. The number of anilines is 1. The number of aromatic nitrogens is 2. The quantitative estimate of drug-likeness (QED) is 0.828. The zero-order valence-electron chi connectivity index (χ0n) is 10.5. The molecular weight excluding hydrogens is 216 g/mol. The molecule has 0 radical (unpaired) electrons. The fourth-order valence-corrected chi connectivity index (χ4v) is 2.21. The molecule has 1 aliphatic heterocycles. The van der Waals surface area contributed by atoms with Crippen LogP contribution in [0.25, 0.3) is 0 Å². The second-order valence-electron chi connectivity index (χ2n) is 4.67. The molecule has 1 aliphatic rings. The highest BCUT2D eigenvalue weighted by Crippen LogP contribution is 2.19. The van der Waals surface area contributed by atoms with E-state index < -0.39 is 0 Å². The maximum absolute atomic E-state index is 9.06. The van der Waals surface area contributed by atoms with Crippen LogP contribution < -0.4 is 4.90 Å². The third-order valence-corrected chi connectivity index (χ3v) is 3.43. The van der Waals surface area contributed by atoms with Gasteiger partial charge in [0.1, 0.15) is 5.82 Å². The fourth-order valence-electron chi connectivity index (χ4n) is 2.21. The van der Waals surface area contributed by atoms with E-state index in [1.165, 1.54) is 0 Å². The van der Waals surface area contributed by atoms with Crippen molar-refractivity contribution in [1.82, 2.24) is 14.9 Å². The molecule has 0 amide bonds. The molecule has 1 aromatic rings. The van der Waals surface area contributed by atoms with E-state index in [1.807, 2.05) is 0 Å². The number of piperidine rings is 1. The maximum Gasteiger partial charge on any atom is 0.147 e. The molecule has 1 saturated heterocycles.